The molecule has 2 amide bonds. The van der Waals surface area contributed by atoms with Gasteiger partial charge in [-0.05, 0) is 36.6 Å². The number of anilines is 1. The molecule has 154 valence electrons. The van der Waals surface area contributed by atoms with Crippen molar-refractivity contribution in [3.05, 3.63) is 76.1 Å². The van der Waals surface area contributed by atoms with Gasteiger partial charge in [-0.25, -0.2) is 4.98 Å². The van der Waals surface area contributed by atoms with Gasteiger partial charge >= 0.3 is 0 Å². The Kier molecular flexibility index (Phi) is 5.81. The minimum Gasteiger partial charge on any atom is -0.481 e. The van der Waals surface area contributed by atoms with E-state index >= 15 is 0 Å². The number of benzene rings is 1. The molecule has 1 N–H and O–H groups in total. The van der Waals surface area contributed by atoms with E-state index in [-0.39, 0.29) is 24.3 Å². The minimum atomic E-state index is -0.472. The van der Waals surface area contributed by atoms with Gasteiger partial charge in [0.15, 0.2) is 0 Å². The molecule has 1 saturated heterocycles. The number of nitrogens with zero attached hydrogens (tertiary/aromatic N) is 2. The predicted molar refractivity (Wildman–Crippen MR) is 116 cm³/mol. The summed E-state index contributed by atoms with van der Waals surface area (Å²) in [4.78, 5) is 33.1. The lowest BCUT2D eigenvalue weighted by Gasteiger charge is -2.27. The highest BCUT2D eigenvalue weighted by Gasteiger charge is 2.45. The number of rotatable bonds is 6. The normalized spacial score (nSPS) is 18.5. The molecule has 1 fully saturated rings. The van der Waals surface area contributed by atoms with Crippen molar-refractivity contribution in [2.24, 2.45) is 5.92 Å². The number of amides is 2. The number of pyridine rings is 1. The van der Waals surface area contributed by atoms with Gasteiger partial charge in [0.05, 0.1) is 19.1 Å². The van der Waals surface area contributed by atoms with E-state index in [9.17, 15) is 9.59 Å². The van der Waals surface area contributed by atoms with Crippen molar-refractivity contribution in [2.75, 3.05) is 12.0 Å². The van der Waals surface area contributed by atoms with E-state index in [2.05, 4.69) is 10.3 Å². The zero-order chi connectivity index (χ0) is 21.1. The van der Waals surface area contributed by atoms with Crippen LogP contribution in [-0.4, -0.2) is 23.9 Å². The van der Waals surface area contributed by atoms with Crippen LogP contribution in [0.3, 0.4) is 0 Å². The summed E-state index contributed by atoms with van der Waals surface area (Å²) in [6, 6.07) is 15.1. The Morgan fingerprint density at radius 2 is 2.03 bits per heavy atom. The monoisotopic (exact) mass is 421 g/mol. The van der Waals surface area contributed by atoms with Crippen LogP contribution in [0.15, 0.2) is 60.1 Å². The molecule has 0 radical (unpaired) electrons. The number of thiophene rings is 1. The summed E-state index contributed by atoms with van der Waals surface area (Å²) in [7, 11) is 1.55. The lowest BCUT2D eigenvalue weighted by molar-refractivity contribution is -0.126. The predicted octanol–water partition coefficient (Wildman–Crippen LogP) is 3.87. The fourth-order valence-corrected chi connectivity index (χ4v) is 4.70. The van der Waals surface area contributed by atoms with Crippen LogP contribution in [0.2, 0.25) is 0 Å². The summed E-state index contributed by atoms with van der Waals surface area (Å²) in [5.74, 6) is -0.185. The van der Waals surface area contributed by atoms with Gasteiger partial charge in [0.1, 0.15) is 0 Å². The fourth-order valence-electron chi connectivity index (χ4n) is 3.82. The Hall–Kier alpha value is -3.19. The number of nitrogens with one attached hydrogen (secondary N) is 1. The smallest absolute Gasteiger partial charge is 0.228 e. The van der Waals surface area contributed by atoms with Crippen LogP contribution in [-0.2, 0) is 16.1 Å². The first kappa shape index (κ1) is 20.1. The molecule has 3 heterocycles. The molecule has 30 heavy (non-hydrogen) atoms. The summed E-state index contributed by atoms with van der Waals surface area (Å²) in [5.41, 5.74) is 2.73. The largest absolute Gasteiger partial charge is 0.481 e. The molecule has 1 aliphatic heterocycles. The van der Waals surface area contributed by atoms with Gasteiger partial charge < -0.3 is 15.0 Å². The fraction of sp³-hybridized carbons (Fsp3) is 0.261. The van der Waals surface area contributed by atoms with E-state index in [0.717, 1.165) is 21.7 Å². The molecule has 0 spiro atoms. The zero-order valence-electron chi connectivity index (χ0n) is 16.9. The highest BCUT2D eigenvalue weighted by atomic mass is 32.1. The maximum Gasteiger partial charge on any atom is 0.228 e. The minimum absolute atomic E-state index is 0.0450. The van der Waals surface area contributed by atoms with Crippen LogP contribution in [0.25, 0.3) is 0 Å². The lowest BCUT2D eigenvalue weighted by Crippen LogP contribution is -2.35. The summed E-state index contributed by atoms with van der Waals surface area (Å²) in [6.07, 6.45) is 1.82. The van der Waals surface area contributed by atoms with Crippen LogP contribution in [0.5, 0.6) is 5.88 Å². The second-order valence-corrected chi connectivity index (χ2v) is 8.24. The summed E-state index contributed by atoms with van der Waals surface area (Å²) in [6.45, 7) is 2.30. The van der Waals surface area contributed by atoms with E-state index in [0.29, 0.717) is 12.4 Å². The molecular weight excluding hydrogens is 398 g/mol. The van der Waals surface area contributed by atoms with Gasteiger partial charge in [-0.2, -0.15) is 0 Å². The Labute approximate surface area is 179 Å². The summed E-state index contributed by atoms with van der Waals surface area (Å²) >= 11 is 1.56. The van der Waals surface area contributed by atoms with Crippen molar-refractivity contribution in [1.82, 2.24) is 10.3 Å². The zero-order valence-corrected chi connectivity index (χ0v) is 17.7. The van der Waals surface area contributed by atoms with Crippen molar-refractivity contribution in [3.63, 3.8) is 0 Å². The molecule has 2 aromatic heterocycles. The second-order valence-electron chi connectivity index (χ2n) is 7.26. The number of ether oxygens (including phenoxy) is 1. The molecule has 2 atom stereocenters. The Bertz CT molecular complexity index is 1030. The summed E-state index contributed by atoms with van der Waals surface area (Å²) in [5, 5.41) is 4.95. The van der Waals surface area contributed by atoms with Crippen molar-refractivity contribution in [1.29, 1.82) is 0 Å². The van der Waals surface area contributed by atoms with E-state index < -0.39 is 5.92 Å². The number of carbonyl (C=O) groups is 2. The first-order valence-corrected chi connectivity index (χ1v) is 10.6. The van der Waals surface area contributed by atoms with Crippen LogP contribution in [0, 0.1) is 12.8 Å². The van der Waals surface area contributed by atoms with Crippen LogP contribution in [0.4, 0.5) is 5.69 Å². The van der Waals surface area contributed by atoms with Crippen molar-refractivity contribution in [3.8, 4) is 5.88 Å². The highest BCUT2D eigenvalue weighted by Crippen LogP contribution is 2.43. The van der Waals surface area contributed by atoms with E-state index in [1.165, 1.54) is 0 Å². The number of carbonyl (C=O) groups excluding carboxylic acids is 2. The SMILES string of the molecule is COc1ncccc1CNC(=O)[C@@H]1CC(=O)N(c2ccc(C)cc2)[C@H]1c1cccs1. The molecule has 0 aliphatic carbocycles. The number of hydrogen-bond donors (Lipinski definition) is 1. The Balaban J connectivity index is 1.59. The third kappa shape index (κ3) is 3.93. The molecule has 1 aromatic carbocycles. The van der Waals surface area contributed by atoms with Gasteiger partial charge in [0.25, 0.3) is 0 Å². The number of aryl methyl sites for hydroxylation is 1. The Morgan fingerprint density at radius 1 is 1.23 bits per heavy atom. The number of hydrogen-bond acceptors (Lipinski definition) is 5. The lowest BCUT2D eigenvalue weighted by atomic mass is 9.97. The van der Waals surface area contributed by atoms with Crippen LogP contribution >= 0.6 is 11.3 Å². The number of methoxy groups -OCH3 is 1. The van der Waals surface area contributed by atoms with Gasteiger partial charge in [-0.15, -0.1) is 11.3 Å². The van der Waals surface area contributed by atoms with Crippen molar-refractivity contribution in [2.45, 2.75) is 25.9 Å². The topological polar surface area (TPSA) is 71.5 Å². The first-order valence-electron chi connectivity index (χ1n) is 9.76. The summed E-state index contributed by atoms with van der Waals surface area (Å²) < 4.78 is 5.26. The third-order valence-corrected chi connectivity index (χ3v) is 6.25. The average molecular weight is 422 g/mol. The molecule has 6 nitrogen and oxygen atoms in total. The van der Waals surface area contributed by atoms with Crippen molar-refractivity contribution < 1.29 is 14.3 Å². The molecule has 0 unspecified atom stereocenters. The van der Waals surface area contributed by atoms with E-state index in [1.807, 2.05) is 54.8 Å². The van der Waals surface area contributed by atoms with E-state index in [1.54, 1.807) is 35.6 Å². The van der Waals surface area contributed by atoms with E-state index in [4.69, 9.17) is 4.74 Å². The van der Waals surface area contributed by atoms with Crippen molar-refractivity contribution >= 4 is 28.8 Å². The standard InChI is InChI=1S/C23H23N3O3S/c1-15-7-9-17(10-8-15)26-20(27)13-18(21(26)19-6-4-12-30-19)22(28)25-14-16-5-3-11-24-23(16)29-2/h3-12,18,21H,13-14H2,1-2H3,(H,25,28)/t18-,21-/m1/s1. The van der Waals surface area contributed by atoms with Gasteiger partial charge in [0, 0.05) is 35.3 Å². The van der Waals surface area contributed by atoms with Gasteiger partial charge in [-0.3, -0.25) is 9.59 Å². The molecule has 0 bridgehead atoms. The highest BCUT2D eigenvalue weighted by molar-refractivity contribution is 7.10. The quantitative estimate of drug-likeness (QED) is 0.656. The first-order chi connectivity index (χ1) is 14.6. The molecule has 1 aliphatic rings. The third-order valence-electron chi connectivity index (χ3n) is 5.30. The maximum absolute atomic E-state index is 13.2. The second kappa shape index (κ2) is 8.67. The molecule has 7 heteroatoms. The average Bonchev–Trinajstić information content (AvgIpc) is 3.40. The molecule has 0 saturated carbocycles. The van der Waals surface area contributed by atoms with Crippen LogP contribution in [0.1, 0.15) is 28.5 Å². The molecule has 3 aromatic rings. The van der Waals surface area contributed by atoms with Gasteiger partial charge in [0.2, 0.25) is 17.7 Å². The molecular formula is C23H23N3O3S. The number of aromatic nitrogens is 1. The Morgan fingerprint density at radius 3 is 2.73 bits per heavy atom. The van der Waals surface area contributed by atoms with Crippen LogP contribution < -0.4 is 15.0 Å². The maximum atomic E-state index is 13.2. The van der Waals surface area contributed by atoms with Gasteiger partial charge in [-0.1, -0.05) is 29.8 Å². The molecule has 4 rings (SSSR count).